The molecule has 1 atom stereocenters. The highest BCUT2D eigenvalue weighted by atomic mass is 16.5. The van der Waals surface area contributed by atoms with Gasteiger partial charge >= 0.3 is 0 Å². The van der Waals surface area contributed by atoms with Crippen LogP contribution >= 0.6 is 0 Å². The van der Waals surface area contributed by atoms with Gasteiger partial charge in [-0.05, 0) is 31.9 Å². The molecule has 23 heavy (non-hydrogen) atoms. The van der Waals surface area contributed by atoms with Gasteiger partial charge in [0.2, 0.25) is 5.91 Å². The lowest BCUT2D eigenvalue weighted by Crippen LogP contribution is -2.26. The van der Waals surface area contributed by atoms with Gasteiger partial charge in [-0.3, -0.25) is 9.59 Å². The zero-order chi connectivity index (χ0) is 16.7. The van der Waals surface area contributed by atoms with Crippen molar-refractivity contribution in [3.63, 3.8) is 0 Å². The molecule has 0 unspecified atom stereocenters. The minimum atomic E-state index is -0.136. The summed E-state index contributed by atoms with van der Waals surface area (Å²) in [6.45, 7) is 2.58. The van der Waals surface area contributed by atoms with E-state index in [0.29, 0.717) is 42.5 Å². The van der Waals surface area contributed by atoms with Crippen LogP contribution in [0.25, 0.3) is 10.9 Å². The molecule has 0 saturated carbocycles. The van der Waals surface area contributed by atoms with E-state index in [1.807, 2.05) is 25.1 Å². The fourth-order valence-corrected chi connectivity index (χ4v) is 2.29. The smallest absolute Gasteiger partial charge is 0.258 e. The lowest BCUT2D eigenvalue weighted by Gasteiger charge is -2.10. The van der Waals surface area contributed by atoms with Crippen LogP contribution in [0.15, 0.2) is 29.1 Å². The first-order valence-electron chi connectivity index (χ1n) is 7.87. The summed E-state index contributed by atoms with van der Waals surface area (Å²) in [5, 5.41) is 3.45. The highest BCUT2D eigenvalue weighted by molar-refractivity contribution is 5.77. The molecule has 2 rings (SSSR count). The van der Waals surface area contributed by atoms with Crippen LogP contribution in [0, 0.1) is 0 Å². The first-order chi connectivity index (χ1) is 11.1. The van der Waals surface area contributed by atoms with Crippen LogP contribution in [0.5, 0.6) is 0 Å². The number of H-pyrrole nitrogens is 1. The van der Waals surface area contributed by atoms with E-state index in [2.05, 4.69) is 15.3 Å². The Bertz CT molecular complexity index is 712. The number of hydrogen-bond donors (Lipinski definition) is 2. The third kappa shape index (κ3) is 5.17. The van der Waals surface area contributed by atoms with E-state index < -0.39 is 0 Å². The molecule has 1 heterocycles. The number of benzene rings is 1. The average molecular weight is 317 g/mol. The van der Waals surface area contributed by atoms with Gasteiger partial charge in [-0.1, -0.05) is 12.1 Å². The van der Waals surface area contributed by atoms with Gasteiger partial charge in [-0.15, -0.1) is 0 Å². The Morgan fingerprint density at radius 3 is 2.96 bits per heavy atom. The van der Waals surface area contributed by atoms with Crippen LogP contribution in [0.4, 0.5) is 0 Å². The molecule has 0 fully saturated rings. The number of fused-ring (bicyclic) bond motifs is 1. The average Bonchev–Trinajstić information content (AvgIpc) is 2.54. The summed E-state index contributed by atoms with van der Waals surface area (Å²) in [5.41, 5.74) is 0.549. The number of amides is 1. The highest BCUT2D eigenvalue weighted by Crippen LogP contribution is 2.07. The third-order valence-electron chi connectivity index (χ3n) is 3.75. The molecule has 1 aromatic carbocycles. The fourth-order valence-electron chi connectivity index (χ4n) is 2.29. The zero-order valence-electron chi connectivity index (χ0n) is 13.6. The van der Waals surface area contributed by atoms with Crippen LogP contribution in [0.1, 0.15) is 32.0 Å². The first-order valence-corrected chi connectivity index (χ1v) is 7.87. The summed E-state index contributed by atoms with van der Waals surface area (Å²) in [5.74, 6) is 0.631. The Labute approximate surface area is 135 Å². The molecule has 1 amide bonds. The second-order valence-corrected chi connectivity index (χ2v) is 5.57. The number of carbonyl (C=O) groups excluding carboxylic acids is 1. The zero-order valence-corrected chi connectivity index (χ0v) is 13.6. The van der Waals surface area contributed by atoms with Crippen molar-refractivity contribution in [3.8, 4) is 0 Å². The Balaban J connectivity index is 1.80. The molecule has 124 valence electrons. The molecule has 6 heteroatoms. The van der Waals surface area contributed by atoms with Gasteiger partial charge in [-0.2, -0.15) is 0 Å². The number of carbonyl (C=O) groups is 1. The van der Waals surface area contributed by atoms with Crippen molar-refractivity contribution in [3.05, 3.63) is 40.4 Å². The molecule has 0 aliphatic carbocycles. The molecule has 0 radical (unpaired) electrons. The van der Waals surface area contributed by atoms with E-state index in [0.717, 1.165) is 6.42 Å². The Kier molecular flexibility index (Phi) is 6.29. The van der Waals surface area contributed by atoms with Gasteiger partial charge in [0.15, 0.2) is 0 Å². The fraction of sp³-hybridized carbons (Fsp3) is 0.471. The molecule has 0 aliphatic heterocycles. The predicted molar refractivity (Wildman–Crippen MR) is 89.4 cm³/mol. The van der Waals surface area contributed by atoms with Crippen LogP contribution in [-0.4, -0.2) is 35.6 Å². The highest BCUT2D eigenvalue weighted by Gasteiger charge is 2.06. The van der Waals surface area contributed by atoms with Gasteiger partial charge in [0.05, 0.1) is 17.0 Å². The van der Waals surface area contributed by atoms with Crippen LogP contribution in [-0.2, 0) is 16.0 Å². The Morgan fingerprint density at radius 1 is 1.39 bits per heavy atom. The van der Waals surface area contributed by atoms with Crippen molar-refractivity contribution in [2.24, 2.45) is 0 Å². The molecule has 1 aromatic heterocycles. The van der Waals surface area contributed by atoms with E-state index in [1.54, 1.807) is 13.2 Å². The minimum Gasteiger partial charge on any atom is -0.382 e. The molecular weight excluding hydrogens is 294 g/mol. The van der Waals surface area contributed by atoms with E-state index in [-0.39, 0.29) is 17.6 Å². The molecule has 0 saturated heterocycles. The monoisotopic (exact) mass is 317 g/mol. The summed E-state index contributed by atoms with van der Waals surface area (Å²) in [6, 6.07) is 7.23. The van der Waals surface area contributed by atoms with Gasteiger partial charge < -0.3 is 15.0 Å². The minimum absolute atomic E-state index is 0.0106. The lowest BCUT2D eigenvalue weighted by atomic mass is 10.2. The number of nitrogens with one attached hydrogen (secondary N) is 2. The predicted octanol–water partition coefficient (Wildman–Crippen LogP) is 1.79. The van der Waals surface area contributed by atoms with Crippen molar-refractivity contribution >= 4 is 16.8 Å². The van der Waals surface area contributed by atoms with E-state index in [1.165, 1.54) is 0 Å². The maximum Gasteiger partial charge on any atom is 0.258 e. The largest absolute Gasteiger partial charge is 0.382 e. The van der Waals surface area contributed by atoms with Crippen LogP contribution in [0.3, 0.4) is 0 Å². The lowest BCUT2D eigenvalue weighted by molar-refractivity contribution is -0.121. The third-order valence-corrected chi connectivity index (χ3v) is 3.75. The van der Waals surface area contributed by atoms with Crippen LogP contribution in [0.2, 0.25) is 0 Å². The number of aromatic nitrogens is 2. The summed E-state index contributed by atoms with van der Waals surface area (Å²) >= 11 is 0. The normalized spacial score (nSPS) is 12.3. The number of aryl methyl sites for hydroxylation is 1. The van der Waals surface area contributed by atoms with Crippen molar-refractivity contribution < 1.29 is 9.53 Å². The standard InChI is InChI=1S/C17H23N3O3/c1-12(23-2)10-11-18-16(21)9-5-8-15-19-14-7-4-3-6-13(14)17(22)20-15/h3-4,6-7,12H,5,8-11H2,1-2H3,(H,18,21)(H,19,20,22)/t12-/m0/s1. The van der Waals surface area contributed by atoms with Crippen molar-refractivity contribution in [2.75, 3.05) is 13.7 Å². The number of hydrogen-bond acceptors (Lipinski definition) is 4. The maximum absolute atomic E-state index is 11.9. The van der Waals surface area contributed by atoms with Crippen molar-refractivity contribution in [2.45, 2.75) is 38.7 Å². The maximum atomic E-state index is 11.9. The molecule has 0 aliphatic rings. The van der Waals surface area contributed by atoms with E-state index >= 15 is 0 Å². The molecular formula is C17H23N3O3. The molecule has 0 spiro atoms. The number of ether oxygens (including phenoxy) is 1. The molecule has 0 bridgehead atoms. The number of para-hydroxylation sites is 1. The van der Waals surface area contributed by atoms with Crippen LogP contribution < -0.4 is 10.9 Å². The molecule has 2 aromatic rings. The first kappa shape index (κ1) is 17.1. The van der Waals surface area contributed by atoms with Gasteiger partial charge in [0, 0.05) is 26.5 Å². The summed E-state index contributed by atoms with van der Waals surface area (Å²) < 4.78 is 5.12. The topological polar surface area (TPSA) is 84.1 Å². The number of rotatable bonds is 8. The number of methoxy groups -OCH3 is 1. The van der Waals surface area contributed by atoms with Gasteiger partial charge in [0.25, 0.3) is 5.56 Å². The number of nitrogens with zero attached hydrogens (tertiary/aromatic N) is 1. The molecule has 6 nitrogen and oxygen atoms in total. The SMILES string of the molecule is CO[C@@H](C)CCNC(=O)CCCc1nc2ccccc2c(=O)[nH]1. The van der Waals surface area contributed by atoms with E-state index in [9.17, 15) is 9.59 Å². The number of aromatic amines is 1. The van der Waals surface area contributed by atoms with Crippen molar-refractivity contribution in [1.29, 1.82) is 0 Å². The second kappa shape index (κ2) is 8.43. The summed E-state index contributed by atoms with van der Waals surface area (Å²) in [7, 11) is 1.66. The Morgan fingerprint density at radius 2 is 2.17 bits per heavy atom. The van der Waals surface area contributed by atoms with Crippen molar-refractivity contribution in [1.82, 2.24) is 15.3 Å². The Hall–Kier alpha value is -2.21. The molecule has 2 N–H and O–H groups in total. The van der Waals surface area contributed by atoms with Gasteiger partial charge in [-0.25, -0.2) is 4.98 Å². The summed E-state index contributed by atoms with van der Waals surface area (Å²) in [6.07, 6.45) is 2.57. The summed E-state index contributed by atoms with van der Waals surface area (Å²) in [4.78, 5) is 30.9. The van der Waals surface area contributed by atoms with Gasteiger partial charge in [0.1, 0.15) is 5.82 Å². The quantitative estimate of drug-likeness (QED) is 0.777. The second-order valence-electron chi connectivity index (χ2n) is 5.57. The van der Waals surface area contributed by atoms with E-state index in [4.69, 9.17) is 4.74 Å².